The van der Waals surface area contributed by atoms with Gasteiger partial charge in [-0.15, -0.1) is 0 Å². The van der Waals surface area contributed by atoms with Gasteiger partial charge in [0.25, 0.3) is 28.4 Å². The minimum absolute atomic E-state index is 0.119. The molecule has 0 unspecified atom stereocenters. The number of allylic oxidation sites excluding steroid dienone is 1. The largest absolute Gasteiger partial charge is 0.399 e. The number of nitrogen functional groups attached to an aromatic ring is 1. The van der Waals surface area contributed by atoms with Crippen LogP contribution < -0.4 is 11.1 Å². The molecule has 6 aliphatic carbocycles. The van der Waals surface area contributed by atoms with Gasteiger partial charge in [0.1, 0.15) is 0 Å². The quantitative estimate of drug-likeness (QED) is 0.0434. The van der Waals surface area contributed by atoms with Crippen molar-refractivity contribution in [2.75, 3.05) is 17.6 Å². The summed E-state index contributed by atoms with van der Waals surface area (Å²) in [6, 6.07) is 35.5. The molecule has 3 saturated carbocycles. The van der Waals surface area contributed by atoms with Crippen LogP contribution in [0, 0.1) is 50.6 Å². The van der Waals surface area contributed by atoms with Crippen LogP contribution in [0.15, 0.2) is 160 Å². The van der Waals surface area contributed by atoms with E-state index in [4.69, 9.17) is 5.73 Å². The molecule has 560 valence electrons. The molecule has 0 spiro atoms. The van der Waals surface area contributed by atoms with E-state index in [1.165, 1.54) is 94.6 Å². The molecule has 0 amide bonds. The number of hydrogen-bond donors (Lipinski definition) is 2. The van der Waals surface area contributed by atoms with Gasteiger partial charge in [-0.1, -0.05) is 84.7 Å². The molecule has 17 rings (SSSR count). The Morgan fingerprint density at radius 1 is 0.411 bits per heavy atom. The molecular formula is C83H92Br3N11O10. The number of nitrogens with zero attached hydrogens (tertiary/aromatic N) is 9. The molecule has 0 saturated heterocycles. The smallest absolute Gasteiger partial charge is 0.271 e. The highest BCUT2D eigenvalue weighted by molar-refractivity contribution is 9.11. The average Bonchev–Trinajstić information content (AvgIpc) is 1.63. The van der Waals surface area contributed by atoms with E-state index < -0.39 is 0 Å². The van der Waals surface area contributed by atoms with Crippen molar-refractivity contribution in [3.8, 4) is 0 Å². The standard InChI is InChI=1S/C17H24N2.C14H16N2O2.C14H18N2.C11H11BrN2O2.C9H8BrNO2.C9H6BrNO2.C9H9NO2/c1-3-8-18-15-11-14-7-10-19(9-4-2)17(14)16(12-15)13-5-6-13;1-2-6-15-7-5-11-8-12(16(17)18)9-13(14(11)15)10-3-4-10;1-2-6-16-7-5-11-8-12(15)9-13(14(11)16)10-3-4-10;1-2-4-13-5-3-8-6-9(14(15)16)7-10(12)11(8)13;2*10-9-5-7(11(12)13)4-6-2-1-3-8(6)9;11-10(12)9-5-4-7-2-1-3-8(7)6-9/h7,10-13,18H,3-6,8-9H2,1-2H3;5,7-10H,2-4,6H2,1H3;5,7-10H,2-4,6,15H2,1H3;3,5-7H,2,4H2,1H3;4-5H,1-3H2;1-2,4-5H,3H2;4-6H,1-3H2. The summed E-state index contributed by atoms with van der Waals surface area (Å²) in [7, 11) is 0. The molecule has 0 radical (unpaired) electrons. The van der Waals surface area contributed by atoms with Crippen molar-refractivity contribution in [2.24, 2.45) is 0 Å². The number of anilines is 2. The number of rotatable bonds is 19. The van der Waals surface area contributed by atoms with Gasteiger partial charge in [-0.3, -0.25) is 50.6 Å². The molecule has 4 heterocycles. The maximum Gasteiger partial charge on any atom is 0.271 e. The van der Waals surface area contributed by atoms with E-state index in [-0.39, 0.29) is 53.1 Å². The lowest BCUT2D eigenvalue weighted by molar-refractivity contribution is -0.385. The number of aryl methyl sites for hydroxylation is 7. The van der Waals surface area contributed by atoms with Crippen LogP contribution in [0.3, 0.4) is 0 Å². The molecule has 6 aliphatic rings. The number of fused-ring (bicyclic) bond motifs is 7. The van der Waals surface area contributed by atoms with E-state index in [9.17, 15) is 50.6 Å². The van der Waals surface area contributed by atoms with Crippen LogP contribution in [0.2, 0.25) is 0 Å². The molecule has 107 heavy (non-hydrogen) atoms. The van der Waals surface area contributed by atoms with Crippen LogP contribution in [0.5, 0.6) is 0 Å². The Labute approximate surface area is 647 Å². The zero-order chi connectivity index (χ0) is 76.2. The van der Waals surface area contributed by atoms with Crippen molar-refractivity contribution in [2.45, 2.75) is 194 Å². The number of hydrogen-bond acceptors (Lipinski definition) is 12. The molecule has 4 aromatic heterocycles. The summed E-state index contributed by atoms with van der Waals surface area (Å²) in [5, 5.41) is 61.3. The van der Waals surface area contributed by atoms with Crippen LogP contribution in [0.4, 0.5) is 39.8 Å². The van der Waals surface area contributed by atoms with Gasteiger partial charge < -0.3 is 29.3 Å². The maximum atomic E-state index is 11.0. The maximum absolute atomic E-state index is 11.0. The predicted molar refractivity (Wildman–Crippen MR) is 441 cm³/mol. The lowest BCUT2D eigenvalue weighted by atomic mass is 10.1. The van der Waals surface area contributed by atoms with E-state index >= 15 is 0 Å². The summed E-state index contributed by atoms with van der Waals surface area (Å²) in [5.41, 5.74) is 25.2. The normalized spacial score (nSPS) is 14.1. The summed E-state index contributed by atoms with van der Waals surface area (Å²) >= 11 is 10.1. The van der Waals surface area contributed by atoms with Crippen LogP contribution in [-0.2, 0) is 58.3 Å². The Morgan fingerprint density at radius 2 is 0.822 bits per heavy atom. The fourth-order valence-corrected chi connectivity index (χ4v) is 16.7. The molecule has 7 aromatic carbocycles. The molecule has 0 aliphatic heterocycles. The Bertz CT molecular complexity index is 5130. The highest BCUT2D eigenvalue weighted by Crippen LogP contribution is 2.47. The van der Waals surface area contributed by atoms with Gasteiger partial charge in [0, 0.05) is 165 Å². The molecule has 11 aromatic rings. The minimum Gasteiger partial charge on any atom is -0.399 e. The van der Waals surface area contributed by atoms with Crippen LogP contribution in [0.25, 0.3) is 49.7 Å². The number of nitro groups is 5. The summed E-state index contributed by atoms with van der Waals surface area (Å²) in [6.45, 7) is 16.1. The van der Waals surface area contributed by atoms with Crippen molar-refractivity contribution >= 4 is 137 Å². The second-order valence-electron chi connectivity index (χ2n) is 28.3. The number of aromatic nitrogens is 4. The topological polar surface area (TPSA) is 273 Å². The first-order valence-electron chi connectivity index (χ1n) is 37.4. The van der Waals surface area contributed by atoms with Crippen LogP contribution >= 0.6 is 47.8 Å². The van der Waals surface area contributed by atoms with E-state index in [1.807, 2.05) is 42.7 Å². The number of nitrogens with one attached hydrogen (secondary N) is 1. The van der Waals surface area contributed by atoms with E-state index in [0.717, 1.165) is 178 Å². The van der Waals surface area contributed by atoms with Gasteiger partial charge in [0.15, 0.2) is 0 Å². The molecule has 3 N–H and O–H groups in total. The first-order valence-corrected chi connectivity index (χ1v) is 39.8. The van der Waals surface area contributed by atoms with E-state index in [0.29, 0.717) is 5.92 Å². The molecule has 0 atom stereocenters. The molecular weight excluding hydrogens is 1550 g/mol. The monoisotopic (exact) mass is 1640 g/mol. The number of halogens is 3. The van der Waals surface area contributed by atoms with Gasteiger partial charge in [-0.25, -0.2) is 0 Å². The first-order chi connectivity index (χ1) is 51.6. The third-order valence-corrected chi connectivity index (χ3v) is 22.1. The van der Waals surface area contributed by atoms with Crippen LogP contribution in [-0.4, -0.2) is 49.4 Å². The Morgan fingerprint density at radius 3 is 1.34 bits per heavy atom. The van der Waals surface area contributed by atoms with Crippen molar-refractivity contribution in [3.63, 3.8) is 0 Å². The first kappa shape index (κ1) is 78.5. The minimum atomic E-state index is -0.378. The lowest BCUT2D eigenvalue weighted by Crippen LogP contribution is -2.02. The predicted octanol–water partition coefficient (Wildman–Crippen LogP) is 23.7. The zero-order valence-corrected chi connectivity index (χ0v) is 66.0. The fourth-order valence-electron chi connectivity index (χ4n) is 14.7. The van der Waals surface area contributed by atoms with Gasteiger partial charge in [0.05, 0.1) is 46.7 Å². The lowest BCUT2D eigenvalue weighted by Gasteiger charge is -2.12. The molecule has 3 fully saturated rings. The molecule has 0 bridgehead atoms. The third-order valence-electron chi connectivity index (χ3n) is 20.1. The highest BCUT2D eigenvalue weighted by atomic mass is 79.9. The van der Waals surface area contributed by atoms with Gasteiger partial charge in [-0.2, -0.15) is 0 Å². The zero-order valence-electron chi connectivity index (χ0n) is 61.2. The van der Waals surface area contributed by atoms with Crippen LogP contribution in [0.1, 0.15) is 186 Å². The number of benzene rings is 7. The summed E-state index contributed by atoms with van der Waals surface area (Å²) in [5.74, 6) is 2.09. The Kier molecular flexibility index (Phi) is 26.4. The van der Waals surface area contributed by atoms with Crippen molar-refractivity contribution in [1.29, 1.82) is 0 Å². The fraction of sp³-hybridized carbons (Fsp3) is 0.373. The second-order valence-corrected chi connectivity index (χ2v) is 30.9. The number of nitrogens with two attached hydrogens (primary N) is 1. The Hall–Kier alpha value is -9.52. The van der Waals surface area contributed by atoms with Crippen molar-refractivity contribution in [1.82, 2.24) is 18.3 Å². The van der Waals surface area contributed by atoms with Gasteiger partial charge >= 0.3 is 0 Å². The van der Waals surface area contributed by atoms with E-state index in [2.05, 4.69) is 155 Å². The second kappa shape index (κ2) is 35.9. The highest BCUT2D eigenvalue weighted by Gasteiger charge is 2.31. The third kappa shape index (κ3) is 19.4. The number of nitro benzene ring substituents is 5. The number of non-ortho nitro benzene ring substituents is 5. The van der Waals surface area contributed by atoms with Gasteiger partial charge in [0.2, 0.25) is 0 Å². The summed E-state index contributed by atoms with van der Waals surface area (Å²) in [4.78, 5) is 51.4. The Balaban J connectivity index is 0.000000125. The summed E-state index contributed by atoms with van der Waals surface area (Å²) in [6.07, 6.45) is 32.9. The average molecular weight is 1640 g/mol. The van der Waals surface area contributed by atoms with Crippen molar-refractivity contribution in [3.05, 3.63) is 260 Å². The van der Waals surface area contributed by atoms with Gasteiger partial charge in [-0.05, 0) is 248 Å². The van der Waals surface area contributed by atoms with E-state index in [1.54, 1.807) is 66.2 Å². The molecule has 24 heteroatoms. The summed E-state index contributed by atoms with van der Waals surface area (Å²) < 4.78 is 11.6. The SMILES string of the molecule is CCCNc1cc(C2CC2)c2c(ccn2CCC)c1.CCCn1ccc2cc(N)cc(C3CC3)c21.CCCn1ccc2cc([N+](=O)[O-])cc(Br)c21.CCCn1ccc2cc([N+](=O)[O-])cc(C3CC3)c21.O=[N+]([O-])c1cc(Br)c2c(c1)C=CC2.O=[N+]([O-])c1cc(Br)c2c(c1)CCC2.O=[N+]([O-])c1ccc2c(c1)CCC2. The van der Waals surface area contributed by atoms with Crippen molar-refractivity contribution < 1.29 is 24.6 Å². The molecule has 21 nitrogen and oxygen atoms in total.